The van der Waals surface area contributed by atoms with E-state index in [1.807, 2.05) is 18.2 Å². The molecular formula is C14H15NO4. The summed E-state index contributed by atoms with van der Waals surface area (Å²) in [7, 11) is 0. The zero-order valence-corrected chi connectivity index (χ0v) is 10.7. The summed E-state index contributed by atoms with van der Waals surface area (Å²) in [5.41, 5.74) is 0.601. The van der Waals surface area contributed by atoms with Gasteiger partial charge in [0.25, 0.3) is 5.91 Å². The van der Waals surface area contributed by atoms with Crippen LogP contribution in [0.2, 0.25) is 0 Å². The minimum atomic E-state index is -1.06. The summed E-state index contributed by atoms with van der Waals surface area (Å²) < 4.78 is 5.39. The van der Waals surface area contributed by atoms with Gasteiger partial charge in [0, 0.05) is 5.39 Å². The lowest BCUT2D eigenvalue weighted by atomic mass is 10.0. The molecular weight excluding hydrogens is 246 g/mol. The van der Waals surface area contributed by atoms with Crippen molar-refractivity contribution in [3.05, 3.63) is 36.1 Å². The SMILES string of the molecule is CC(C)[C@@H](NC(=O)c1cc2ccccc2o1)C(=O)O. The molecule has 2 N–H and O–H groups in total. The van der Waals surface area contributed by atoms with Gasteiger partial charge in [0.2, 0.25) is 0 Å². The first-order valence-corrected chi connectivity index (χ1v) is 6.01. The molecule has 0 radical (unpaired) electrons. The Hall–Kier alpha value is -2.30. The van der Waals surface area contributed by atoms with Crippen molar-refractivity contribution in [3.63, 3.8) is 0 Å². The lowest BCUT2D eigenvalue weighted by molar-refractivity contribution is -0.140. The number of para-hydroxylation sites is 1. The first kappa shape index (κ1) is 13.1. The third-order valence-electron chi connectivity index (χ3n) is 2.87. The van der Waals surface area contributed by atoms with Gasteiger partial charge in [-0.1, -0.05) is 32.0 Å². The third kappa shape index (κ3) is 2.76. The largest absolute Gasteiger partial charge is 0.480 e. The van der Waals surface area contributed by atoms with Gasteiger partial charge in [-0.05, 0) is 18.1 Å². The Morgan fingerprint density at radius 1 is 1.26 bits per heavy atom. The number of aliphatic carboxylic acids is 1. The maximum Gasteiger partial charge on any atom is 0.326 e. The van der Waals surface area contributed by atoms with Crippen LogP contribution in [0.3, 0.4) is 0 Å². The highest BCUT2D eigenvalue weighted by Gasteiger charge is 2.25. The maximum atomic E-state index is 12.0. The molecule has 5 heteroatoms. The summed E-state index contributed by atoms with van der Waals surface area (Å²) in [6.07, 6.45) is 0. The van der Waals surface area contributed by atoms with E-state index in [0.29, 0.717) is 5.58 Å². The first-order chi connectivity index (χ1) is 8.99. The van der Waals surface area contributed by atoms with E-state index in [9.17, 15) is 9.59 Å². The quantitative estimate of drug-likeness (QED) is 0.884. The first-order valence-electron chi connectivity index (χ1n) is 6.01. The minimum Gasteiger partial charge on any atom is -0.480 e. The molecule has 0 aliphatic rings. The van der Waals surface area contributed by atoms with Gasteiger partial charge >= 0.3 is 5.97 Å². The predicted molar refractivity (Wildman–Crippen MR) is 69.9 cm³/mol. The van der Waals surface area contributed by atoms with Crippen molar-refractivity contribution in [1.82, 2.24) is 5.32 Å². The van der Waals surface area contributed by atoms with Crippen molar-refractivity contribution in [2.24, 2.45) is 5.92 Å². The lowest BCUT2D eigenvalue weighted by Crippen LogP contribution is -2.44. The average molecular weight is 261 g/mol. The molecule has 0 spiro atoms. The molecule has 0 saturated heterocycles. The Kier molecular flexibility index (Phi) is 3.55. The molecule has 1 aromatic carbocycles. The van der Waals surface area contributed by atoms with Gasteiger partial charge in [0.05, 0.1) is 0 Å². The highest BCUT2D eigenvalue weighted by atomic mass is 16.4. The molecule has 0 bridgehead atoms. The minimum absolute atomic E-state index is 0.119. The van der Waals surface area contributed by atoms with E-state index in [4.69, 9.17) is 9.52 Å². The van der Waals surface area contributed by atoms with E-state index >= 15 is 0 Å². The smallest absolute Gasteiger partial charge is 0.326 e. The molecule has 0 unspecified atom stereocenters. The van der Waals surface area contributed by atoms with Crippen LogP contribution in [-0.2, 0) is 4.79 Å². The van der Waals surface area contributed by atoms with E-state index in [1.54, 1.807) is 26.0 Å². The summed E-state index contributed by atoms with van der Waals surface area (Å²) in [5.74, 6) is -1.66. The van der Waals surface area contributed by atoms with Crippen LogP contribution in [0.1, 0.15) is 24.4 Å². The molecule has 1 amide bonds. The second-order valence-electron chi connectivity index (χ2n) is 4.68. The van der Waals surface area contributed by atoms with E-state index < -0.39 is 17.9 Å². The second kappa shape index (κ2) is 5.14. The summed E-state index contributed by atoms with van der Waals surface area (Å²) in [6.45, 7) is 3.47. The summed E-state index contributed by atoms with van der Waals surface area (Å²) >= 11 is 0. The van der Waals surface area contributed by atoms with Crippen molar-refractivity contribution in [1.29, 1.82) is 0 Å². The number of hydrogen-bond donors (Lipinski definition) is 2. The van der Waals surface area contributed by atoms with E-state index in [-0.39, 0.29) is 11.7 Å². The second-order valence-corrected chi connectivity index (χ2v) is 4.68. The molecule has 2 rings (SSSR count). The molecule has 1 atom stereocenters. The van der Waals surface area contributed by atoms with E-state index in [0.717, 1.165) is 5.39 Å². The number of fused-ring (bicyclic) bond motifs is 1. The molecule has 0 saturated carbocycles. The number of nitrogens with one attached hydrogen (secondary N) is 1. The van der Waals surface area contributed by atoms with Gasteiger partial charge in [-0.2, -0.15) is 0 Å². The van der Waals surface area contributed by atoms with Gasteiger partial charge < -0.3 is 14.8 Å². The van der Waals surface area contributed by atoms with Crippen molar-refractivity contribution in [3.8, 4) is 0 Å². The number of carbonyl (C=O) groups is 2. The Balaban J connectivity index is 2.21. The third-order valence-corrected chi connectivity index (χ3v) is 2.87. The van der Waals surface area contributed by atoms with Crippen LogP contribution in [0.15, 0.2) is 34.7 Å². The van der Waals surface area contributed by atoms with Gasteiger partial charge in [-0.25, -0.2) is 4.79 Å². The van der Waals surface area contributed by atoms with Gasteiger partial charge in [-0.15, -0.1) is 0 Å². The molecule has 19 heavy (non-hydrogen) atoms. The molecule has 100 valence electrons. The number of carboxylic acids is 1. The number of carbonyl (C=O) groups excluding carboxylic acids is 1. The van der Waals surface area contributed by atoms with Crippen LogP contribution >= 0.6 is 0 Å². The molecule has 2 aromatic rings. The van der Waals surface area contributed by atoms with Crippen LogP contribution in [0.4, 0.5) is 0 Å². The van der Waals surface area contributed by atoms with Gasteiger partial charge in [-0.3, -0.25) is 4.79 Å². The zero-order valence-electron chi connectivity index (χ0n) is 10.7. The topological polar surface area (TPSA) is 79.5 Å². The number of rotatable bonds is 4. The number of hydrogen-bond acceptors (Lipinski definition) is 3. The number of carboxylic acid groups (broad SMARTS) is 1. The lowest BCUT2D eigenvalue weighted by Gasteiger charge is -2.16. The van der Waals surface area contributed by atoms with Crippen molar-refractivity contribution >= 4 is 22.8 Å². The van der Waals surface area contributed by atoms with Gasteiger partial charge in [0.1, 0.15) is 11.6 Å². The van der Waals surface area contributed by atoms with Crippen LogP contribution in [0.25, 0.3) is 11.0 Å². The fraction of sp³-hybridized carbons (Fsp3) is 0.286. The number of amides is 1. The molecule has 0 aliphatic carbocycles. The van der Waals surface area contributed by atoms with Crippen LogP contribution in [-0.4, -0.2) is 23.0 Å². The maximum absolute atomic E-state index is 12.0. The number of furan rings is 1. The van der Waals surface area contributed by atoms with E-state index in [1.165, 1.54) is 0 Å². The Labute approximate surface area is 110 Å². The van der Waals surface area contributed by atoms with Crippen molar-refractivity contribution in [2.75, 3.05) is 0 Å². The van der Waals surface area contributed by atoms with E-state index in [2.05, 4.69) is 5.32 Å². The monoisotopic (exact) mass is 261 g/mol. The molecule has 0 aliphatic heterocycles. The Morgan fingerprint density at radius 2 is 1.95 bits per heavy atom. The zero-order chi connectivity index (χ0) is 14.0. The predicted octanol–water partition coefficient (Wildman–Crippen LogP) is 2.27. The molecule has 5 nitrogen and oxygen atoms in total. The normalized spacial score (nSPS) is 12.6. The molecule has 1 aromatic heterocycles. The Morgan fingerprint density at radius 3 is 2.53 bits per heavy atom. The number of benzene rings is 1. The van der Waals surface area contributed by atoms with Gasteiger partial charge in [0.15, 0.2) is 5.76 Å². The molecule has 1 heterocycles. The average Bonchev–Trinajstić information content (AvgIpc) is 2.78. The Bertz CT molecular complexity index is 582. The highest BCUT2D eigenvalue weighted by molar-refractivity contribution is 5.97. The fourth-order valence-corrected chi connectivity index (χ4v) is 1.82. The molecule has 0 fully saturated rings. The van der Waals surface area contributed by atoms with Crippen LogP contribution in [0, 0.1) is 5.92 Å². The van der Waals surface area contributed by atoms with Crippen LogP contribution < -0.4 is 5.32 Å². The standard InChI is InChI=1S/C14H15NO4/c1-8(2)12(14(17)18)15-13(16)11-7-9-5-3-4-6-10(9)19-11/h3-8,12H,1-2H3,(H,15,16)(H,17,18)/t12-/m1/s1. The fourth-order valence-electron chi connectivity index (χ4n) is 1.82. The van der Waals surface area contributed by atoms with Crippen LogP contribution in [0.5, 0.6) is 0 Å². The highest BCUT2D eigenvalue weighted by Crippen LogP contribution is 2.19. The summed E-state index contributed by atoms with van der Waals surface area (Å²) in [5, 5.41) is 12.3. The summed E-state index contributed by atoms with van der Waals surface area (Å²) in [4.78, 5) is 23.0. The summed E-state index contributed by atoms with van der Waals surface area (Å²) in [6, 6.07) is 7.90. The van der Waals surface area contributed by atoms with Crippen molar-refractivity contribution in [2.45, 2.75) is 19.9 Å². The van der Waals surface area contributed by atoms with Crippen molar-refractivity contribution < 1.29 is 19.1 Å².